The van der Waals surface area contributed by atoms with Crippen molar-refractivity contribution in [3.63, 3.8) is 0 Å². The average molecular weight is 690 g/mol. The number of carbonyl (C=O) groups is 1. The molecule has 0 spiro atoms. The van der Waals surface area contributed by atoms with Crippen LogP contribution >= 0.6 is 0 Å². The fraction of sp³-hybridized carbons (Fsp3) is 0.556. The maximum absolute atomic E-state index is 17.2. The van der Waals surface area contributed by atoms with Gasteiger partial charge >= 0.3 is 6.18 Å². The van der Waals surface area contributed by atoms with Crippen LogP contribution in [0.25, 0.3) is 0 Å². The van der Waals surface area contributed by atoms with E-state index in [-0.39, 0.29) is 54.1 Å². The van der Waals surface area contributed by atoms with Crippen molar-refractivity contribution in [3.05, 3.63) is 81.4 Å². The summed E-state index contributed by atoms with van der Waals surface area (Å²) in [6.07, 6.45) is -3.24. The van der Waals surface area contributed by atoms with E-state index in [1.54, 1.807) is 0 Å². The Morgan fingerprint density at radius 3 is 2.16 bits per heavy atom. The molecule has 13 heteroatoms. The second-order valence-corrected chi connectivity index (χ2v) is 14.5. The van der Waals surface area contributed by atoms with Gasteiger partial charge in [-0.25, -0.2) is 23.1 Å². The Kier molecular flexibility index (Phi) is 9.44. The first-order valence-corrected chi connectivity index (χ1v) is 16.8. The number of rotatable bonds is 6. The van der Waals surface area contributed by atoms with Crippen molar-refractivity contribution in [1.82, 2.24) is 20.3 Å². The number of anilines is 1. The van der Waals surface area contributed by atoms with Crippen molar-refractivity contribution in [3.8, 4) is 0 Å². The van der Waals surface area contributed by atoms with E-state index in [0.717, 1.165) is 24.3 Å². The van der Waals surface area contributed by atoms with Gasteiger partial charge in [0.25, 0.3) is 5.91 Å². The first kappa shape index (κ1) is 35.1. The number of amides is 1. The molecule has 6 rings (SSSR count). The molecule has 0 radical (unpaired) electrons. The Balaban J connectivity index is 1.43. The second-order valence-electron chi connectivity index (χ2n) is 14.5. The lowest BCUT2D eigenvalue weighted by atomic mass is 9.68. The predicted octanol–water partition coefficient (Wildman–Crippen LogP) is 7.99. The number of halogens is 6. The fourth-order valence-corrected chi connectivity index (χ4v) is 7.81. The number of aliphatic hydroxyl groups excluding tert-OH is 1. The third-order valence-electron chi connectivity index (χ3n) is 10.3. The van der Waals surface area contributed by atoms with Gasteiger partial charge in [0.2, 0.25) is 11.9 Å². The average Bonchev–Trinajstić information content (AvgIpc) is 3.06. The summed E-state index contributed by atoms with van der Waals surface area (Å²) in [5.41, 5.74) is 1.38. The largest absolute Gasteiger partial charge is 0.416 e. The molecule has 1 saturated carbocycles. The Morgan fingerprint density at radius 2 is 1.59 bits per heavy atom. The van der Waals surface area contributed by atoms with Crippen LogP contribution in [0.1, 0.15) is 132 Å². The number of hydrogen-bond acceptors (Lipinski definition) is 6. The number of nitrogens with zero attached hydrogens (tertiary/aromatic N) is 4. The van der Waals surface area contributed by atoms with Crippen LogP contribution in [0.15, 0.2) is 36.7 Å². The van der Waals surface area contributed by atoms with Crippen LogP contribution in [0.3, 0.4) is 0 Å². The lowest BCUT2D eigenvalue weighted by Gasteiger charge is -2.41. The van der Waals surface area contributed by atoms with Gasteiger partial charge in [-0.1, -0.05) is 26.0 Å². The van der Waals surface area contributed by atoms with E-state index >= 15 is 4.39 Å². The predicted molar refractivity (Wildman–Crippen MR) is 171 cm³/mol. The van der Waals surface area contributed by atoms with Crippen LogP contribution in [0.4, 0.5) is 32.3 Å². The quantitative estimate of drug-likeness (QED) is 0.255. The highest BCUT2D eigenvalue weighted by molar-refractivity contribution is 5.93. The number of piperidine rings is 1. The highest BCUT2D eigenvalue weighted by atomic mass is 19.4. The summed E-state index contributed by atoms with van der Waals surface area (Å²) in [6.45, 7) is 5.00. The van der Waals surface area contributed by atoms with Crippen molar-refractivity contribution in [2.45, 2.75) is 101 Å². The van der Waals surface area contributed by atoms with Crippen molar-refractivity contribution in [2.24, 2.45) is 5.41 Å². The maximum atomic E-state index is 17.2. The van der Waals surface area contributed by atoms with Gasteiger partial charge in [-0.15, -0.1) is 0 Å². The number of alkyl halides is 6. The number of aromatic nitrogens is 3. The molecule has 2 fully saturated rings. The van der Waals surface area contributed by atoms with Gasteiger partial charge in [0.05, 0.1) is 22.9 Å². The molecule has 49 heavy (non-hydrogen) atoms. The normalized spacial score (nSPS) is 22.0. The summed E-state index contributed by atoms with van der Waals surface area (Å²) in [5, 5.41) is 14.1. The van der Waals surface area contributed by atoms with Crippen LogP contribution in [0, 0.1) is 5.41 Å². The third kappa shape index (κ3) is 7.27. The van der Waals surface area contributed by atoms with Crippen molar-refractivity contribution < 1.29 is 36.2 Å². The molecule has 0 bridgehead atoms. The Morgan fingerprint density at radius 1 is 0.980 bits per heavy atom. The SMILES string of the molecule is CNC(=O)c1cnc(N2CCC(c3nc4c(c(C5CCC(F)(F)CC5)c3C(F)c3ccc(C(F)(F)F)cc3)C(O)CC(C)(C)C4)CC2)nc1. The Labute approximate surface area is 281 Å². The lowest BCUT2D eigenvalue weighted by Crippen LogP contribution is -2.36. The molecule has 7 nitrogen and oxygen atoms in total. The molecule has 1 saturated heterocycles. The number of carbonyl (C=O) groups excluding carboxylic acids is 1. The number of hydrogen-bond donors (Lipinski definition) is 2. The molecule has 2 unspecified atom stereocenters. The van der Waals surface area contributed by atoms with Crippen molar-refractivity contribution in [1.29, 1.82) is 0 Å². The van der Waals surface area contributed by atoms with E-state index in [0.29, 0.717) is 72.8 Å². The van der Waals surface area contributed by atoms with Crippen LogP contribution in [-0.2, 0) is 12.6 Å². The summed E-state index contributed by atoms with van der Waals surface area (Å²) in [4.78, 5) is 27.7. The first-order chi connectivity index (χ1) is 23.1. The van der Waals surface area contributed by atoms with E-state index in [4.69, 9.17) is 4.98 Å². The fourth-order valence-electron chi connectivity index (χ4n) is 7.81. The van der Waals surface area contributed by atoms with Gasteiger partial charge in [-0.2, -0.15) is 13.2 Å². The van der Waals surface area contributed by atoms with Crippen molar-refractivity contribution in [2.75, 3.05) is 25.0 Å². The van der Waals surface area contributed by atoms with E-state index in [1.165, 1.54) is 19.4 Å². The maximum Gasteiger partial charge on any atom is 0.416 e. The number of aliphatic hydroxyl groups is 1. The highest BCUT2D eigenvalue weighted by Crippen LogP contribution is 2.52. The molecule has 3 aromatic rings. The number of nitrogens with one attached hydrogen (secondary N) is 1. The summed E-state index contributed by atoms with van der Waals surface area (Å²) in [5.74, 6) is -3.45. The number of pyridine rings is 1. The lowest BCUT2D eigenvalue weighted by molar-refractivity contribution is -0.137. The van der Waals surface area contributed by atoms with Gasteiger partial charge in [0, 0.05) is 68.1 Å². The van der Waals surface area contributed by atoms with E-state index in [9.17, 15) is 31.9 Å². The molecule has 264 valence electrons. The zero-order chi connectivity index (χ0) is 35.3. The molecule has 2 aromatic heterocycles. The zero-order valence-corrected chi connectivity index (χ0v) is 27.8. The number of benzene rings is 1. The first-order valence-electron chi connectivity index (χ1n) is 16.8. The molecular formula is C36H41F6N5O2. The minimum Gasteiger partial charge on any atom is -0.388 e. The highest BCUT2D eigenvalue weighted by Gasteiger charge is 2.44. The summed E-state index contributed by atoms with van der Waals surface area (Å²) in [6, 6.07) is 3.94. The summed E-state index contributed by atoms with van der Waals surface area (Å²) >= 11 is 0. The van der Waals surface area contributed by atoms with Gasteiger partial charge < -0.3 is 15.3 Å². The standard InChI is InChI=1S/C36H41F6N5O2/c1-34(2)16-25-28(26(48)17-34)27(20-8-12-35(38,39)13-9-20)29(30(37)21-4-6-24(7-5-21)36(40,41)42)31(46-25)22-10-14-47(15-11-22)33-44-18-23(19-45-33)32(49)43-3/h4-7,18-20,22,26,30,48H,8-17H2,1-3H3,(H,43,49). The minimum atomic E-state index is -4.60. The molecule has 3 aliphatic rings. The molecule has 2 N–H and O–H groups in total. The second kappa shape index (κ2) is 13.2. The van der Waals surface area contributed by atoms with Gasteiger partial charge in [0.1, 0.15) is 0 Å². The minimum absolute atomic E-state index is 0.00561. The zero-order valence-electron chi connectivity index (χ0n) is 27.8. The Hall–Kier alpha value is -3.74. The smallest absolute Gasteiger partial charge is 0.388 e. The monoisotopic (exact) mass is 689 g/mol. The van der Waals surface area contributed by atoms with Crippen LogP contribution < -0.4 is 10.2 Å². The molecule has 1 aliphatic heterocycles. The molecule has 2 atom stereocenters. The van der Waals surface area contributed by atoms with Gasteiger partial charge in [0.15, 0.2) is 6.17 Å². The molecular weight excluding hydrogens is 648 g/mol. The van der Waals surface area contributed by atoms with Crippen molar-refractivity contribution >= 4 is 11.9 Å². The van der Waals surface area contributed by atoms with E-state index < -0.39 is 35.9 Å². The molecule has 1 amide bonds. The van der Waals surface area contributed by atoms with Gasteiger partial charge in [-0.3, -0.25) is 9.78 Å². The molecule has 3 heterocycles. The Bertz CT molecular complexity index is 1660. The number of fused-ring (bicyclic) bond motifs is 1. The topological polar surface area (TPSA) is 91.2 Å². The molecule has 1 aromatic carbocycles. The van der Waals surface area contributed by atoms with Crippen LogP contribution in [0.2, 0.25) is 0 Å². The third-order valence-corrected chi connectivity index (χ3v) is 10.3. The summed E-state index contributed by atoms with van der Waals surface area (Å²) < 4.78 is 86.3. The van der Waals surface area contributed by atoms with Crippen LogP contribution in [0.5, 0.6) is 0 Å². The van der Waals surface area contributed by atoms with E-state index in [2.05, 4.69) is 15.3 Å². The summed E-state index contributed by atoms with van der Waals surface area (Å²) in [7, 11) is 1.51. The van der Waals surface area contributed by atoms with Crippen LogP contribution in [-0.4, -0.2) is 52.0 Å². The van der Waals surface area contributed by atoms with E-state index in [1.807, 2.05) is 18.7 Å². The van der Waals surface area contributed by atoms with Gasteiger partial charge in [-0.05, 0) is 73.1 Å². The molecule has 2 aliphatic carbocycles.